The third kappa shape index (κ3) is 3.97. The highest BCUT2D eigenvalue weighted by Crippen LogP contribution is 2.28. The smallest absolute Gasteiger partial charge is 0.315 e. The summed E-state index contributed by atoms with van der Waals surface area (Å²) in [6, 6.07) is 5.89. The van der Waals surface area contributed by atoms with Crippen LogP contribution in [0.3, 0.4) is 0 Å². The van der Waals surface area contributed by atoms with Gasteiger partial charge in [0.2, 0.25) is 5.91 Å². The summed E-state index contributed by atoms with van der Waals surface area (Å²) in [5.41, 5.74) is 2.96. The molecule has 0 spiro atoms. The molecule has 0 bridgehead atoms. The number of urea groups is 1. The predicted molar refractivity (Wildman–Crippen MR) is 83.5 cm³/mol. The van der Waals surface area contributed by atoms with Crippen molar-refractivity contribution >= 4 is 17.6 Å². The molecule has 21 heavy (non-hydrogen) atoms. The molecule has 0 saturated carbocycles. The molecule has 0 saturated heterocycles. The fourth-order valence-electron chi connectivity index (χ4n) is 2.38. The summed E-state index contributed by atoms with van der Waals surface area (Å²) < 4.78 is 0. The number of fused-ring (bicyclic) bond motifs is 1. The third-order valence-corrected chi connectivity index (χ3v) is 3.41. The van der Waals surface area contributed by atoms with Crippen LogP contribution in [-0.2, 0) is 17.6 Å². The molecule has 0 radical (unpaired) electrons. The maximum atomic E-state index is 11.6. The number of carbonyl (C=O) groups excluding carboxylic acids is 2. The summed E-state index contributed by atoms with van der Waals surface area (Å²) in [7, 11) is 1.80. The Morgan fingerprint density at radius 2 is 2.05 bits per heavy atom. The van der Waals surface area contributed by atoms with Crippen LogP contribution in [0.1, 0.15) is 31.9 Å². The molecule has 0 atom stereocenters. The number of nitrogens with one attached hydrogen (secondary N) is 2. The maximum Gasteiger partial charge on any atom is 0.315 e. The van der Waals surface area contributed by atoms with Gasteiger partial charge in [-0.1, -0.05) is 12.1 Å². The Kier molecular flexibility index (Phi) is 4.21. The Hall–Kier alpha value is -2.04. The van der Waals surface area contributed by atoms with Crippen molar-refractivity contribution in [2.75, 3.05) is 18.5 Å². The van der Waals surface area contributed by atoms with Crippen molar-refractivity contribution in [2.45, 2.75) is 39.2 Å². The Morgan fingerprint density at radius 3 is 2.71 bits per heavy atom. The Bertz CT molecular complexity index is 561. The third-order valence-electron chi connectivity index (χ3n) is 3.41. The van der Waals surface area contributed by atoms with Crippen LogP contribution >= 0.6 is 0 Å². The molecule has 2 N–H and O–H groups in total. The normalized spacial score (nSPS) is 14.1. The van der Waals surface area contributed by atoms with Crippen molar-refractivity contribution in [2.24, 2.45) is 0 Å². The monoisotopic (exact) mass is 289 g/mol. The number of carbonyl (C=O) groups is 2. The molecule has 0 aromatic heterocycles. The maximum absolute atomic E-state index is 11.6. The van der Waals surface area contributed by atoms with E-state index in [0.29, 0.717) is 13.0 Å². The molecule has 5 heteroatoms. The lowest BCUT2D eigenvalue weighted by atomic mass is 10.1. The lowest BCUT2D eigenvalue weighted by molar-refractivity contribution is -0.117. The first kappa shape index (κ1) is 15.4. The minimum absolute atomic E-state index is 0.129. The zero-order valence-electron chi connectivity index (χ0n) is 13.1. The lowest BCUT2D eigenvalue weighted by Gasteiger charge is -2.20. The van der Waals surface area contributed by atoms with Crippen LogP contribution < -0.4 is 15.5 Å². The summed E-state index contributed by atoms with van der Waals surface area (Å²) in [5, 5.41) is 5.70. The van der Waals surface area contributed by atoms with Gasteiger partial charge in [-0.2, -0.15) is 0 Å². The second kappa shape index (κ2) is 5.76. The van der Waals surface area contributed by atoms with Crippen molar-refractivity contribution in [1.29, 1.82) is 0 Å². The summed E-state index contributed by atoms with van der Waals surface area (Å²) in [4.78, 5) is 25.0. The van der Waals surface area contributed by atoms with Gasteiger partial charge in [-0.05, 0) is 44.4 Å². The molecule has 3 amide bonds. The van der Waals surface area contributed by atoms with Gasteiger partial charge in [-0.15, -0.1) is 0 Å². The largest absolute Gasteiger partial charge is 0.338 e. The second-order valence-corrected chi connectivity index (χ2v) is 6.47. The Morgan fingerprint density at radius 1 is 1.33 bits per heavy atom. The molecular formula is C16H23N3O2. The number of hydrogen-bond acceptors (Lipinski definition) is 2. The first-order valence-electron chi connectivity index (χ1n) is 7.20. The minimum atomic E-state index is -0.234. The van der Waals surface area contributed by atoms with E-state index in [1.54, 1.807) is 11.9 Å². The van der Waals surface area contributed by atoms with Gasteiger partial charge in [0.15, 0.2) is 0 Å². The molecule has 0 fully saturated rings. The lowest BCUT2D eigenvalue weighted by Crippen LogP contribution is -2.46. The van der Waals surface area contributed by atoms with Crippen molar-refractivity contribution < 1.29 is 9.59 Å². The van der Waals surface area contributed by atoms with Crippen LogP contribution in [0.15, 0.2) is 18.2 Å². The van der Waals surface area contributed by atoms with E-state index in [0.717, 1.165) is 23.2 Å². The van der Waals surface area contributed by atoms with E-state index in [1.165, 1.54) is 0 Å². The van der Waals surface area contributed by atoms with Gasteiger partial charge in [0.05, 0.1) is 6.42 Å². The first-order valence-corrected chi connectivity index (χ1v) is 7.20. The molecule has 2 rings (SSSR count). The molecular weight excluding hydrogens is 266 g/mol. The van der Waals surface area contributed by atoms with Crippen LogP contribution in [0.2, 0.25) is 0 Å². The van der Waals surface area contributed by atoms with Gasteiger partial charge in [0.25, 0.3) is 0 Å². The van der Waals surface area contributed by atoms with Gasteiger partial charge in [0, 0.05) is 24.8 Å². The van der Waals surface area contributed by atoms with E-state index in [2.05, 4.69) is 16.7 Å². The van der Waals surface area contributed by atoms with Crippen LogP contribution in [0, 0.1) is 0 Å². The minimum Gasteiger partial charge on any atom is -0.338 e. The SMILES string of the molecule is CN1C(=O)Cc2cc(CCNC(=O)NC(C)(C)C)ccc21. The van der Waals surface area contributed by atoms with Crippen LogP contribution in [-0.4, -0.2) is 31.1 Å². The Balaban J connectivity index is 1.87. The zero-order valence-corrected chi connectivity index (χ0v) is 13.1. The van der Waals surface area contributed by atoms with Crippen LogP contribution in [0.4, 0.5) is 10.5 Å². The Labute approximate surface area is 125 Å². The van der Waals surface area contributed by atoms with Gasteiger partial charge in [-0.25, -0.2) is 4.79 Å². The summed E-state index contributed by atoms with van der Waals surface area (Å²) >= 11 is 0. The standard InChI is InChI=1S/C16H23N3O2/c1-16(2,3)18-15(21)17-8-7-11-5-6-13-12(9-11)10-14(20)19(13)4/h5-6,9H,7-8,10H2,1-4H3,(H2,17,18,21). The van der Waals surface area contributed by atoms with Crippen LogP contribution in [0.5, 0.6) is 0 Å². The number of rotatable bonds is 3. The average molecular weight is 289 g/mol. The zero-order chi connectivity index (χ0) is 15.6. The summed E-state index contributed by atoms with van der Waals surface area (Å²) in [5.74, 6) is 0.129. The fraction of sp³-hybridized carbons (Fsp3) is 0.500. The number of hydrogen-bond donors (Lipinski definition) is 2. The summed E-state index contributed by atoms with van der Waals surface area (Å²) in [6.45, 7) is 6.41. The fourth-order valence-corrected chi connectivity index (χ4v) is 2.38. The highest BCUT2D eigenvalue weighted by Gasteiger charge is 2.23. The molecule has 5 nitrogen and oxygen atoms in total. The molecule has 1 aromatic rings. The second-order valence-electron chi connectivity index (χ2n) is 6.47. The van der Waals surface area contributed by atoms with E-state index in [1.807, 2.05) is 32.9 Å². The molecule has 114 valence electrons. The van der Waals surface area contributed by atoms with E-state index in [-0.39, 0.29) is 17.5 Å². The van der Waals surface area contributed by atoms with Crippen molar-refractivity contribution in [3.63, 3.8) is 0 Å². The molecule has 1 aliphatic heterocycles. The molecule has 1 aliphatic rings. The molecule has 0 unspecified atom stereocenters. The van der Waals surface area contributed by atoms with Gasteiger partial charge >= 0.3 is 6.03 Å². The highest BCUT2D eigenvalue weighted by atomic mass is 16.2. The number of benzene rings is 1. The number of likely N-dealkylation sites (N-methyl/N-ethyl adjacent to an activating group) is 1. The van der Waals surface area contributed by atoms with Gasteiger partial charge < -0.3 is 15.5 Å². The topological polar surface area (TPSA) is 61.4 Å². The van der Waals surface area contributed by atoms with E-state index < -0.39 is 0 Å². The average Bonchev–Trinajstić information content (AvgIpc) is 2.62. The molecule has 0 aliphatic carbocycles. The number of nitrogens with zero attached hydrogens (tertiary/aromatic N) is 1. The predicted octanol–water partition coefficient (Wildman–Crippen LogP) is 1.85. The number of amides is 3. The number of anilines is 1. The highest BCUT2D eigenvalue weighted by molar-refractivity contribution is 6.00. The van der Waals surface area contributed by atoms with Crippen molar-refractivity contribution in [1.82, 2.24) is 10.6 Å². The molecule has 1 heterocycles. The van der Waals surface area contributed by atoms with E-state index in [4.69, 9.17) is 0 Å². The van der Waals surface area contributed by atoms with E-state index >= 15 is 0 Å². The van der Waals surface area contributed by atoms with Gasteiger partial charge in [-0.3, -0.25) is 4.79 Å². The first-order chi connectivity index (χ1) is 9.76. The van der Waals surface area contributed by atoms with E-state index in [9.17, 15) is 9.59 Å². The van der Waals surface area contributed by atoms with Crippen molar-refractivity contribution in [3.8, 4) is 0 Å². The molecule has 1 aromatic carbocycles. The summed E-state index contributed by atoms with van der Waals surface area (Å²) in [6.07, 6.45) is 1.22. The van der Waals surface area contributed by atoms with Crippen LogP contribution in [0.25, 0.3) is 0 Å². The van der Waals surface area contributed by atoms with Crippen molar-refractivity contribution in [3.05, 3.63) is 29.3 Å². The van der Waals surface area contributed by atoms with Gasteiger partial charge in [0.1, 0.15) is 0 Å². The quantitative estimate of drug-likeness (QED) is 0.892.